The normalized spacial score (nSPS) is 12.1. The number of hydrogen-bond acceptors (Lipinski definition) is 3. The fraction of sp³-hybridized carbons (Fsp3) is 0.385. The van der Waals surface area contributed by atoms with E-state index in [4.69, 9.17) is 0 Å². The van der Waals surface area contributed by atoms with Gasteiger partial charge in [0.15, 0.2) is 16.8 Å². The summed E-state index contributed by atoms with van der Waals surface area (Å²) in [7, 11) is 0. The summed E-state index contributed by atoms with van der Waals surface area (Å²) in [6.45, 7) is 5.54. The highest BCUT2D eigenvalue weighted by Gasteiger charge is 2.21. The van der Waals surface area contributed by atoms with Crippen molar-refractivity contribution in [3.8, 4) is 0 Å². The number of ketones is 1. The molecule has 0 aliphatic carbocycles. The second-order valence-corrected chi connectivity index (χ2v) is 6.25. The van der Waals surface area contributed by atoms with Crippen LogP contribution in [0.1, 0.15) is 20.8 Å². The first-order valence-electron chi connectivity index (χ1n) is 5.78. The van der Waals surface area contributed by atoms with Gasteiger partial charge in [0.25, 0.3) is 0 Å². The molecule has 0 atom stereocenters. The molecule has 0 spiro atoms. The third-order valence-corrected chi connectivity index (χ3v) is 3.55. The van der Waals surface area contributed by atoms with Crippen LogP contribution >= 0.6 is 11.8 Å². The van der Waals surface area contributed by atoms with Gasteiger partial charge in [-0.1, -0.05) is 32.5 Å². The molecule has 6 heteroatoms. The van der Waals surface area contributed by atoms with Crippen LogP contribution < -0.4 is 0 Å². The fourth-order valence-corrected chi connectivity index (χ4v) is 2.45. The Bertz CT molecular complexity index is 592. The van der Waals surface area contributed by atoms with Crippen molar-refractivity contribution < 1.29 is 13.6 Å². The van der Waals surface area contributed by atoms with E-state index >= 15 is 0 Å². The number of carbonyl (C=O) groups is 1. The third-order valence-electron chi connectivity index (χ3n) is 2.68. The van der Waals surface area contributed by atoms with Crippen LogP contribution in [0.25, 0.3) is 11.0 Å². The zero-order valence-corrected chi connectivity index (χ0v) is 11.7. The average molecular weight is 284 g/mol. The zero-order valence-electron chi connectivity index (χ0n) is 10.9. The van der Waals surface area contributed by atoms with Gasteiger partial charge in [0.1, 0.15) is 5.78 Å². The number of H-pyrrole nitrogens is 1. The molecule has 0 bridgehead atoms. The SMILES string of the molecule is CC(C)(C)C(=O)CSc1nc2cc(F)c(F)cc2[nH]1. The van der Waals surface area contributed by atoms with E-state index in [9.17, 15) is 13.6 Å². The van der Waals surface area contributed by atoms with E-state index < -0.39 is 17.0 Å². The Balaban J connectivity index is 2.16. The number of fused-ring (bicyclic) bond motifs is 1. The largest absolute Gasteiger partial charge is 0.333 e. The van der Waals surface area contributed by atoms with E-state index in [1.54, 1.807) is 0 Å². The molecule has 0 saturated heterocycles. The Labute approximate surface area is 113 Å². The highest BCUT2D eigenvalue weighted by Crippen LogP contribution is 2.24. The van der Waals surface area contributed by atoms with Crippen molar-refractivity contribution in [3.63, 3.8) is 0 Å². The van der Waals surface area contributed by atoms with Crippen LogP contribution in [0.3, 0.4) is 0 Å². The molecule has 1 aromatic heterocycles. The zero-order chi connectivity index (χ0) is 14.2. The number of aromatic amines is 1. The molecule has 19 heavy (non-hydrogen) atoms. The smallest absolute Gasteiger partial charge is 0.166 e. The summed E-state index contributed by atoms with van der Waals surface area (Å²) in [5.74, 6) is -1.48. The number of nitrogens with zero attached hydrogens (tertiary/aromatic N) is 1. The predicted octanol–water partition coefficient (Wildman–Crippen LogP) is 3.55. The maximum absolute atomic E-state index is 13.0. The van der Waals surface area contributed by atoms with Crippen molar-refractivity contribution >= 4 is 28.6 Å². The highest BCUT2D eigenvalue weighted by atomic mass is 32.2. The van der Waals surface area contributed by atoms with Gasteiger partial charge in [0.2, 0.25) is 0 Å². The van der Waals surface area contributed by atoms with Crippen molar-refractivity contribution in [2.45, 2.75) is 25.9 Å². The maximum atomic E-state index is 13.0. The van der Waals surface area contributed by atoms with E-state index in [1.165, 1.54) is 11.8 Å². The molecule has 0 saturated carbocycles. The molecule has 1 aromatic carbocycles. The Kier molecular flexibility index (Phi) is 3.62. The van der Waals surface area contributed by atoms with E-state index in [1.807, 2.05) is 20.8 Å². The first-order chi connectivity index (χ1) is 8.77. The first-order valence-corrected chi connectivity index (χ1v) is 6.77. The fourth-order valence-electron chi connectivity index (χ4n) is 1.40. The summed E-state index contributed by atoms with van der Waals surface area (Å²) in [6.07, 6.45) is 0. The number of aromatic nitrogens is 2. The van der Waals surface area contributed by atoms with Gasteiger partial charge >= 0.3 is 0 Å². The van der Waals surface area contributed by atoms with Gasteiger partial charge in [-0.05, 0) is 0 Å². The molecule has 1 N–H and O–H groups in total. The molecular weight excluding hydrogens is 270 g/mol. The Morgan fingerprint density at radius 2 is 1.95 bits per heavy atom. The second kappa shape index (κ2) is 4.92. The molecule has 0 unspecified atom stereocenters. The summed E-state index contributed by atoms with van der Waals surface area (Å²) in [4.78, 5) is 18.8. The van der Waals surface area contributed by atoms with Crippen molar-refractivity contribution in [1.29, 1.82) is 0 Å². The standard InChI is InChI=1S/C13H14F2N2OS/c1-13(2,3)11(18)6-19-12-16-9-4-7(14)8(15)5-10(9)17-12/h4-5H,6H2,1-3H3,(H,16,17). The summed E-state index contributed by atoms with van der Waals surface area (Å²) >= 11 is 1.23. The molecule has 0 radical (unpaired) electrons. The average Bonchev–Trinajstić information content (AvgIpc) is 2.67. The minimum absolute atomic E-state index is 0.0929. The number of imidazole rings is 1. The monoisotopic (exact) mass is 284 g/mol. The lowest BCUT2D eigenvalue weighted by molar-refractivity contribution is -0.123. The number of nitrogens with one attached hydrogen (secondary N) is 1. The lowest BCUT2D eigenvalue weighted by Gasteiger charge is -2.15. The van der Waals surface area contributed by atoms with Crippen LogP contribution in [-0.2, 0) is 4.79 Å². The van der Waals surface area contributed by atoms with Gasteiger partial charge in [0, 0.05) is 17.5 Å². The first kappa shape index (κ1) is 14.0. The van der Waals surface area contributed by atoms with Gasteiger partial charge in [-0.2, -0.15) is 0 Å². The molecule has 0 aliphatic rings. The Morgan fingerprint density at radius 1 is 1.32 bits per heavy atom. The lowest BCUT2D eigenvalue weighted by atomic mass is 9.92. The number of benzene rings is 1. The van der Waals surface area contributed by atoms with Gasteiger partial charge in [-0.25, -0.2) is 13.8 Å². The molecule has 3 nitrogen and oxygen atoms in total. The molecule has 0 fully saturated rings. The molecule has 2 aromatic rings. The van der Waals surface area contributed by atoms with Crippen LogP contribution in [0.4, 0.5) is 8.78 Å². The summed E-state index contributed by atoms with van der Waals surface area (Å²) in [6, 6.07) is 2.10. The van der Waals surface area contributed by atoms with Crippen molar-refractivity contribution in [3.05, 3.63) is 23.8 Å². The lowest BCUT2D eigenvalue weighted by Crippen LogP contribution is -2.22. The number of hydrogen-bond donors (Lipinski definition) is 1. The molecular formula is C13H14F2N2OS. The minimum Gasteiger partial charge on any atom is -0.333 e. The van der Waals surface area contributed by atoms with Crippen molar-refractivity contribution in [1.82, 2.24) is 9.97 Å². The van der Waals surface area contributed by atoms with Crippen LogP contribution in [0.5, 0.6) is 0 Å². The number of carbonyl (C=O) groups excluding carboxylic acids is 1. The second-order valence-electron chi connectivity index (χ2n) is 5.29. The minimum atomic E-state index is -0.929. The summed E-state index contributed by atoms with van der Waals surface area (Å²) in [5.41, 5.74) is 0.367. The van der Waals surface area contributed by atoms with E-state index in [0.29, 0.717) is 16.2 Å². The van der Waals surface area contributed by atoms with Crippen LogP contribution in [-0.4, -0.2) is 21.5 Å². The summed E-state index contributed by atoms with van der Waals surface area (Å²) < 4.78 is 26.1. The predicted molar refractivity (Wildman–Crippen MR) is 71.2 cm³/mol. The van der Waals surface area contributed by atoms with Gasteiger partial charge in [-0.15, -0.1) is 0 Å². The van der Waals surface area contributed by atoms with Crippen LogP contribution in [0, 0.1) is 17.0 Å². The molecule has 1 heterocycles. The number of halogens is 2. The number of rotatable bonds is 3. The maximum Gasteiger partial charge on any atom is 0.166 e. The Morgan fingerprint density at radius 3 is 2.58 bits per heavy atom. The third kappa shape index (κ3) is 3.12. The van der Waals surface area contributed by atoms with Gasteiger partial charge in [0.05, 0.1) is 16.8 Å². The number of thioether (sulfide) groups is 1. The number of Topliss-reactive ketones (excluding diaryl/α,β-unsaturated/α-hetero) is 1. The van der Waals surface area contributed by atoms with E-state index in [0.717, 1.165) is 12.1 Å². The van der Waals surface area contributed by atoms with Crippen molar-refractivity contribution in [2.24, 2.45) is 5.41 Å². The topological polar surface area (TPSA) is 45.8 Å². The molecule has 102 valence electrons. The summed E-state index contributed by atoms with van der Waals surface area (Å²) in [5, 5.41) is 0.484. The molecule has 0 aliphatic heterocycles. The van der Waals surface area contributed by atoms with E-state index in [2.05, 4.69) is 9.97 Å². The molecule has 2 rings (SSSR count). The Hall–Kier alpha value is -1.43. The van der Waals surface area contributed by atoms with Gasteiger partial charge in [-0.3, -0.25) is 4.79 Å². The van der Waals surface area contributed by atoms with Crippen LogP contribution in [0.15, 0.2) is 17.3 Å². The van der Waals surface area contributed by atoms with Crippen LogP contribution in [0.2, 0.25) is 0 Å². The van der Waals surface area contributed by atoms with Crippen molar-refractivity contribution in [2.75, 3.05) is 5.75 Å². The molecule has 0 amide bonds. The quantitative estimate of drug-likeness (QED) is 0.877. The highest BCUT2D eigenvalue weighted by molar-refractivity contribution is 7.99. The van der Waals surface area contributed by atoms with Gasteiger partial charge < -0.3 is 4.98 Å². The van der Waals surface area contributed by atoms with E-state index in [-0.39, 0.29) is 11.5 Å².